The molecule has 0 bridgehead atoms. The molecule has 3 amide bonds. The van der Waals surface area contributed by atoms with Gasteiger partial charge in [-0.15, -0.1) is 11.3 Å². The Morgan fingerprint density at radius 2 is 1.61 bits per heavy atom. The molecule has 3 heterocycles. The van der Waals surface area contributed by atoms with Gasteiger partial charge in [0.15, 0.2) is 5.13 Å². The van der Waals surface area contributed by atoms with Crippen LogP contribution in [0.5, 0.6) is 0 Å². The average Bonchev–Trinajstić information content (AvgIpc) is 3.45. The molecule has 2 saturated heterocycles. The molecule has 0 radical (unpaired) electrons. The molecule has 2 aliphatic heterocycles. The van der Waals surface area contributed by atoms with Crippen molar-refractivity contribution in [3.63, 3.8) is 0 Å². The Labute approximate surface area is 188 Å². The molecular formula is C24H32N4O2S. The Bertz CT molecular complexity index is 918. The second kappa shape index (κ2) is 8.99. The van der Waals surface area contributed by atoms with E-state index >= 15 is 0 Å². The van der Waals surface area contributed by atoms with Crippen LogP contribution < -0.4 is 5.32 Å². The third-order valence-electron chi connectivity index (χ3n) is 6.29. The maximum atomic E-state index is 12.7. The number of hydrogen-bond donors (Lipinski definition) is 1. The number of likely N-dealkylation sites (tertiary alicyclic amines) is 2. The second-order valence-corrected chi connectivity index (χ2v) is 10.5. The second-order valence-electron chi connectivity index (χ2n) is 9.59. The molecule has 1 aromatic heterocycles. The van der Waals surface area contributed by atoms with Crippen LogP contribution >= 0.6 is 11.3 Å². The van der Waals surface area contributed by atoms with Crippen LogP contribution in [0.4, 0.5) is 9.93 Å². The van der Waals surface area contributed by atoms with Crippen molar-refractivity contribution in [1.82, 2.24) is 14.8 Å². The topological polar surface area (TPSA) is 65.5 Å². The molecule has 0 atom stereocenters. The van der Waals surface area contributed by atoms with E-state index in [1.54, 1.807) is 0 Å². The molecule has 6 nitrogen and oxygen atoms in total. The maximum Gasteiger partial charge on any atom is 0.319 e. The molecule has 0 unspecified atom stereocenters. The Hall–Kier alpha value is -2.41. The first-order valence-electron chi connectivity index (χ1n) is 11.2. The van der Waals surface area contributed by atoms with Gasteiger partial charge < -0.3 is 15.1 Å². The Morgan fingerprint density at radius 3 is 2.23 bits per heavy atom. The lowest BCUT2D eigenvalue weighted by atomic mass is 9.86. The summed E-state index contributed by atoms with van der Waals surface area (Å²) in [6.45, 7) is 9.63. The molecule has 0 aliphatic carbocycles. The summed E-state index contributed by atoms with van der Waals surface area (Å²) in [6.07, 6.45) is 3.61. The van der Waals surface area contributed by atoms with Crippen LogP contribution in [0.15, 0.2) is 29.6 Å². The Balaban J connectivity index is 1.31. The van der Waals surface area contributed by atoms with Gasteiger partial charge in [-0.1, -0.05) is 45.0 Å². The molecule has 1 aromatic carbocycles. The van der Waals surface area contributed by atoms with E-state index in [-0.39, 0.29) is 23.3 Å². The highest BCUT2D eigenvalue weighted by Crippen LogP contribution is 2.29. The molecule has 166 valence electrons. The van der Waals surface area contributed by atoms with Gasteiger partial charge in [-0.2, -0.15) is 0 Å². The number of hydrogen-bond acceptors (Lipinski definition) is 4. The first-order valence-corrected chi connectivity index (χ1v) is 12.1. The highest BCUT2D eigenvalue weighted by molar-refractivity contribution is 7.14. The van der Waals surface area contributed by atoms with Gasteiger partial charge in [0.1, 0.15) is 0 Å². The van der Waals surface area contributed by atoms with Crippen molar-refractivity contribution in [3.8, 4) is 11.3 Å². The van der Waals surface area contributed by atoms with Gasteiger partial charge in [0.2, 0.25) is 5.91 Å². The van der Waals surface area contributed by atoms with E-state index in [4.69, 9.17) is 0 Å². The van der Waals surface area contributed by atoms with E-state index in [0.29, 0.717) is 31.1 Å². The number of thiazole rings is 1. The highest BCUT2D eigenvalue weighted by atomic mass is 32.1. The van der Waals surface area contributed by atoms with Gasteiger partial charge in [-0.3, -0.25) is 4.79 Å². The summed E-state index contributed by atoms with van der Waals surface area (Å²) in [5.74, 6) is -0.0571. The summed E-state index contributed by atoms with van der Waals surface area (Å²) in [5, 5.41) is 5.61. The van der Waals surface area contributed by atoms with E-state index in [9.17, 15) is 9.59 Å². The van der Waals surface area contributed by atoms with Crippen LogP contribution in [0.1, 0.15) is 52.0 Å². The predicted molar refractivity (Wildman–Crippen MR) is 125 cm³/mol. The lowest BCUT2D eigenvalue weighted by Crippen LogP contribution is -2.47. The average molecular weight is 441 g/mol. The number of aromatic nitrogens is 1. The van der Waals surface area contributed by atoms with E-state index in [0.717, 1.165) is 37.2 Å². The molecule has 7 heteroatoms. The molecular weight excluding hydrogens is 408 g/mol. The first-order chi connectivity index (χ1) is 14.8. The van der Waals surface area contributed by atoms with E-state index in [2.05, 4.69) is 55.3 Å². The zero-order valence-corrected chi connectivity index (χ0v) is 19.5. The third-order valence-corrected chi connectivity index (χ3v) is 7.05. The molecule has 2 fully saturated rings. The number of benzene rings is 1. The lowest BCUT2D eigenvalue weighted by molar-refractivity contribution is -0.121. The molecule has 4 rings (SSSR count). The van der Waals surface area contributed by atoms with Crippen LogP contribution in [0.2, 0.25) is 0 Å². The smallest absolute Gasteiger partial charge is 0.319 e. The van der Waals surface area contributed by atoms with E-state index < -0.39 is 0 Å². The van der Waals surface area contributed by atoms with Crippen molar-refractivity contribution >= 4 is 28.4 Å². The van der Waals surface area contributed by atoms with Gasteiger partial charge in [-0.05, 0) is 36.7 Å². The number of rotatable bonds is 3. The number of nitrogens with zero attached hydrogens (tertiary/aromatic N) is 3. The predicted octanol–water partition coefficient (Wildman–Crippen LogP) is 4.97. The number of anilines is 1. The quantitative estimate of drug-likeness (QED) is 0.732. The maximum absolute atomic E-state index is 12.7. The summed E-state index contributed by atoms with van der Waals surface area (Å²) in [5.41, 5.74) is 3.34. The van der Waals surface area contributed by atoms with Crippen LogP contribution in [0, 0.1) is 5.92 Å². The number of nitrogens with one attached hydrogen (secondary N) is 1. The number of urea groups is 1. The fourth-order valence-corrected chi connectivity index (χ4v) is 4.98. The van der Waals surface area contributed by atoms with Crippen molar-refractivity contribution in [2.24, 2.45) is 5.92 Å². The molecule has 0 spiro atoms. The van der Waals surface area contributed by atoms with Crippen molar-refractivity contribution in [2.45, 2.75) is 51.9 Å². The summed E-state index contributed by atoms with van der Waals surface area (Å²) in [4.78, 5) is 33.7. The summed E-state index contributed by atoms with van der Waals surface area (Å²) >= 11 is 1.45. The SMILES string of the molecule is CC(C)(C)c1ccc(-c2csc(NC(=O)C3CCN(C(=O)N4CCCC4)CC3)n2)cc1. The number of amides is 3. The van der Waals surface area contributed by atoms with E-state index in [1.165, 1.54) is 16.9 Å². The largest absolute Gasteiger partial charge is 0.325 e. The van der Waals surface area contributed by atoms with Crippen molar-refractivity contribution in [1.29, 1.82) is 0 Å². The summed E-state index contributed by atoms with van der Waals surface area (Å²) in [6, 6.07) is 8.61. The third kappa shape index (κ3) is 5.09. The normalized spacial score (nSPS) is 17.8. The van der Waals surface area contributed by atoms with Gasteiger partial charge in [-0.25, -0.2) is 9.78 Å². The fourth-order valence-electron chi connectivity index (χ4n) is 4.25. The van der Waals surface area contributed by atoms with E-state index in [1.807, 2.05) is 15.2 Å². The van der Waals surface area contributed by atoms with Gasteiger partial charge >= 0.3 is 6.03 Å². The fraction of sp³-hybridized carbons (Fsp3) is 0.542. The molecule has 2 aromatic rings. The minimum atomic E-state index is -0.0685. The van der Waals surface area contributed by atoms with Crippen LogP contribution in [-0.4, -0.2) is 52.9 Å². The zero-order chi connectivity index (χ0) is 22.0. The Morgan fingerprint density at radius 1 is 1.00 bits per heavy atom. The first kappa shape index (κ1) is 21.8. The Kier molecular flexibility index (Phi) is 6.32. The van der Waals surface area contributed by atoms with Gasteiger partial charge in [0, 0.05) is 43.0 Å². The zero-order valence-electron chi connectivity index (χ0n) is 18.7. The van der Waals surface area contributed by atoms with Crippen molar-refractivity contribution < 1.29 is 9.59 Å². The standard InChI is InChI=1S/C24H32N4O2S/c1-24(2,3)19-8-6-17(7-9-19)20-16-31-22(25-20)26-21(29)18-10-14-28(15-11-18)23(30)27-12-4-5-13-27/h6-9,16,18H,4-5,10-15H2,1-3H3,(H,25,26,29). The molecule has 2 aliphatic rings. The minimum absolute atomic E-state index is 0.0113. The van der Waals surface area contributed by atoms with Crippen molar-refractivity contribution in [3.05, 3.63) is 35.2 Å². The van der Waals surface area contributed by atoms with Crippen LogP contribution in [-0.2, 0) is 10.2 Å². The molecule has 0 saturated carbocycles. The van der Waals surface area contributed by atoms with Crippen LogP contribution in [0.25, 0.3) is 11.3 Å². The van der Waals surface area contributed by atoms with Gasteiger partial charge in [0.25, 0.3) is 0 Å². The number of piperidine rings is 1. The summed E-state index contributed by atoms with van der Waals surface area (Å²) < 4.78 is 0. The lowest BCUT2D eigenvalue weighted by Gasteiger charge is -2.33. The van der Waals surface area contributed by atoms with Gasteiger partial charge in [0.05, 0.1) is 5.69 Å². The summed E-state index contributed by atoms with van der Waals surface area (Å²) in [7, 11) is 0. The minimum Gasteiger partial charge on any atom is -0.325 e. The van der Waals surface area contributed by atoms with Crippen molar-refractivity contribution in [2.75, 3.05) is 31.5 Å². The highest BCUT2D eigenvalue weighted by Gasteiger charge is 2.30. The molecule has 31 heavy (non-hydrogen) atoms. The van der Waals surface area contributed by atoms with Crippen LogP contribution in [0.3, 0.4) is 0 Å². The number of carbonyl (C=O) groups is 2. The monoisotopic (exact) mass is 440 g/mol. The molecule has 1 N–H and O–H groups in total. The number of carbonyl (C=O) groups excluding carboxylic acids is 2.